The van der Waals surface area contributed by atoms with Crippen molar-refractivity contribution in [3.63, 3.8) is 0 Å². The summed E-state index contributed by atoms with van der Waals surface area (Å²) in [5, 5.41) is 3.90. The molecule has 26 heavy (non-hydrogen) atoms. The van der Waals surface area contributed by atoms with E-state index in [0.717, 1.165) is 21.1 Å². The molecule has 1 amide bonds. The van der Waals surface area contributed by atoms with Crippen molar-refractivity contribution in [2.75, 3.05) is 14.2 Å². The zero-order valence-corrected chi connectivity index (χ0v) is 15.7. The molecule has 0 atom stereocenters. The first-order valence-corrected chi connectivity index (χ1v) is 8.96. The van der Waals surface area contributed by atoms with Gasteiger partial charge in [0.05, 0.1) is 32.0 Å². The Balaban J connectivity index is 1.73. The number of hydrogen-bond acceptors (Lipinski definition) is 5. The van der Waals surface area contributed by atoms with E-state index in [1.54, 1.807) is 36.6 Å². The Bertz CT molecular complexity index is 907. The lowest BCUT2D eigenvalue weighted by Gasteiger charge is -2.10. The number of thiazole rings is 1. The molecule has 1 N–H and O–H groups in total. The number of ether oxygens (including phenoxy) is 2. The van der Waals surface area contributed by atoms with E-state index in [2.05, 4.69) is 10.3 Å². The highest BCUT2D eigenvalue weighted by molar-refractivity contribution is 7.15. The first-order valence-electron chi connectivity index (χ1n) is 8.14. The van der Waals surface area contributed by atoms with E-state index in [9.17, 15) is 4.79 Å². The predicted molar refractivity (Wildman–Crippen MR) is 103 cm³/mol. The van der Waals surface area contributed by atoms with Crippen molar-refractivity contribution in [1.82, 2.24) is 10.3 Å². The van der Waals surface area contributed by atoms with Crippen molar-refractivity contribution in [2.24, 2.45) is 0 Å². The van der Waals surface area contributed by atoms with Crippen LogP contribution in [0.25, 0.3) is 10.6 Å². The van der Waals surface area contributed by atoms with E-state index in [0.29, 0.717) is 23.6 Å². The molecule has 3 aromatic rings. The van der Waals surface area contributed by atoms with Gasteiger partial charge in [0.1, 0.15) is 16.5 Å². The van der Waals surface area contributed by atoms with Gasteiger partial charge in [-0.15, -0.1) is 11.3 Å². The maximum Gasteiger partial charge on any atom is 0.255 e. The number of aromatic nitrogens is 1. The molecule has 1 heterocycles. The molecule has 134 valence electrons. The molecular formula is C20H20N2O3S. The summed E-state index contributed by atoms with van der Waals surface area (Å²) in [6, 6.07) is 15.1. The van der Waals surface area contributed by atoms with Gasteiger partial charge < -0.3 is 14.8 Å². The summed E-state index contributed by atoms with van der Waals surface area (Å²) < 4.78 is 10.5. The molecule has 2 aromatic carbocycles. The number of methoxy groups -OCH3 is 2. The third-order valence-corrected chi connectivity index (χ3v) is 5.18. The molecule has 0 aliphatic heterocycles. The molecule has 5 nitrogen and oxygen atoms in total. The van der Waals surface area contributed by atoms with Crippen LogP contribution in [0.1, 0.15) is 20.9 Å². The number of amides is 1. The van der Waals surface area contributed by atoms with Gasteiger partial charge in [0.15, 0.2) is 0 Å². The summed E-state index contributed by atoms with van der Waals surface area (Å²) in [7, 11) is 3.11. The van der Waals surface area contributed by atoms with Gasteiger partial charge in [0, 0.05) is 16.5 Å². The van der Waals surface area contributed by atoms with Gasteiger partial charge in [0.25, 0.3) is 5.91 Å². The molecule has 0 unspecified atom stereocenters. The fourth-order valence-electron chi connectivity index (χ4n) is 2.54. The second-order valence-corrected chi connectivity index (χ2v) is 6.73. The lowest BCUT2D eigenvalue weighted by Crippen LogP contribution is -2.23. The van der Waals surface area contributed by atoms with Crippen molar-refractivity contribution < 1.29 is 14.3 Å². The fraction of sp³-hybridized carbons (Fsp3) is 0.200. The van der Waals surface area contributed by atoms with E-state index >= 15 is 0 Å². The SMILES string of the molecule is COc1ccc(C(=O)NCc2sc(-c3ccccc3)nc2C)c(OC)c1. The number of benzene rings is 2. The van der Waals surface area contributed by atoms with Gasteiger partial charge >= 0.3 is 0 Å². The minimum atomic E-state index is -0.196. The van der Waals surface area contributed by atoms with E-state index in [1.807, 2.05) is 37.3 Å². The highest BCUT2D eigenvalue weighted by atomic mass is 32.1. The Morgan fingerprint density at radius 2 is 1.88 bits per heavy atom. The minimum Gasteiger partial charge on any atom is -0.497 e. The highest BCUT2D eigenvalue weighted by Gasteiger charge is 2.15. The van der Waals surface area contributed by atoms with Crippen LogP contribution in [0.2, 0.25) is 0 Å². The third-order valence-electron chi connectivity index (χ3n) is 3.98. The van der Waals surface area contributed by atoms with Crippen molar-refractivity contribution in [3.8, 4) is 22.1 Å². The Morgan fingerprint density at radius 1 is 1.12 bits per heavy atom. The van der Waals surface area contributed by atoms with Crippen molar-refractivity contribution in [3.05, 3.63) is 64.7 Å². The first-order chi connectivity index (χ1) is 12.6. The van der Waals surface area contributed by atoms with Crippen LogP contribution in [-0.4, -0.2) is 25.1 Å². The number of aryl methyl sites for hydroxylation is 1. The summed E-state index contributed by atoms with van der Waals surface area (Å²) >= 11 is 1.59. The highest BCUT2D eigenvalue weighted by Crippen LogP contribution is 2.28. The zero-order chi connectivity index (χ0) is 18.5. The van der Waals surface area contributed by atoms with Crippen molar-refractivity contribution in [2.45, 2.75) is 13.5 Å². The third kappa shape index (κ3) is 3.86. The molecule has 0 aliphatic rings. The topological polar surface area (TPSA) is 60.5 Å². The van der Waals surface area contributed by atoms with E-state index < -0.39 is 0 Å². The normalized spacial score (nSPS) is 10.4. The number of nitrogens with zero attached hydrogens (tertiary/aromatic N) is 1. The van der Waals surface area contributed by atoms with Gasteiger partial charge in [0.2, 0.25) is 0 Å². The Kier molecular flexibility index (Phi) is 5.53. The molecule has 1 aromatic heterocycles. The predicted octanol–water partition coefficient (Wildman–Crippen LogP) is 4.07. The molecule has 0 aliphatic carbocycles. The second-order valence-electron chi connectivity index (χ2n) is 5.64. The van der Waals surface area contributed by atoms with E-state index in [4.69, 9.17) is 9.47 Å². The quantitative estimate of drug-likeness (QED) is 0.713. The second kappa shape index (κ2) is 8.01. The van der Waals surface area contributed by atoms with Crippen LogP contribution in [0, 0.1) is 6.92 Å². The summed E-state index contributed by atoms with van der Waals surface area (Å²) in [5.74, 6) is 0.926. The van der Waals surface area contributed by atoms with Gasteiger partial charge in [-0.25, -0.2) is 4.98 Å². The average molecular weight is 368 g/mol. The Hall–Kier alpha value is -2.86. The molecule has 6 heteroatoms. The van der Waals surface area contributed by atoms with Crippen LogP contribution in [0.3, 0.4) is 0 Å². The lowest BCUT2D eigenvalue weighted by atomic mass is 10.1. The monoisotopic (exact) mass is 368 g/mol. The number of carbonyl (C=O) groups is 1. The number of nitrogens with one attached hydrogen (secondary N) is 1. The number of hydrogen-bond donors (Lipinski definition) is 1. The Labute approximate surface area is 156 Å². The lowest BCUT2D eigenvalue weighted by molar-refractivity contribution is 0.0948. The standard InChI is InChI=1S/C20H20N2O3S/c1-13-18(26-20(22-13)14-7-5-4-6-8-14)12-21-19(23)16-10-9-15(24-2)11-17(16)25-3/h4-11H,12H2,1-3H3,(H,21,23). The summed E-state index contributed by atoms with van der Waals surface area (Å²) in [6.45, 7) is 2.38. The van der Waals surface area contributed by atoms with Gasteiger partial charge in [-0.3, -0.25) is 4.79 Å². The molecule has 3 rings (SSSR count). The van der Waals surface area contributed by atoms with E-state index in [-0.39, 0.29) is 5.91 Å². The average Bonchev–Trinajstić information content (AvgIpc) is 3.07. The molecule has 0 bridgehead atoms. The van der Waals surface area contributed by atoms with Crippen LogP contribution >= 0.6 is 11.3 Å². The molecule has 0 spiro atoms. The minimum absolute atomic E-state index is 0.196. The van der Waals surface area contributed by atoms with Crippen molar-refractivity contribution in [1.29, 1.82) is 0 Å². The van der Waals surface area contributed by atoms with Crippen molar-refractivity contribution >= 4 is 17.2 Å². The fourth-order valence-corrected chi connectivity index (χ4v) is 3.55. The Morgan fingerprint density at radius 3 is 2.58 bits per heavy atom. The largest absolute Gasteiger partial charge is 0.497 e. The van der Waals surface area contributed by atoms with Crippen LogP contribution < -0.4 is 14.8 Å². The van der Waals surface area contributed by atoms with Crippen LogP contribution in [-0.2, 0) is 6.54 Å². The molecule has 0 saturated carbocycles. The van der Waals surface area contributed by atoms with Crippen LogP contribution in [0.4, 0.5) is 0 Å². The van der Waals surface area contributed by atoms with Gasteiger partial charge in [-0.2, -0.15) is 0 Å². The first kappa shape index (κ1) is 17.9. The smallest absolute Gasteiger partial charge is 0.255 e. The van der Waals surface area contributed by atoms with Crippen LogP contribution in [0.15, 0.2) is 48.5 Å². The summed E-state index contributed by atoms with van der Waals surface area (Å²) in [6.07, 6.45) is 0. The maximum atomic E-state index is 12.5. The molecule has 0 fully saturated rings. The maximum absolute atomic E-state index is 12.5. The van der Waals surface area contributed by atoms with Gasteiger partial charge in [-0.05, 0) is 19.1 Å². The summed E-state index contributed by atoms with van der Waals surface area (Å²) in [5.41, 5.74) is 2.48. The van der Waals surface area contributed by atoms with Gasteiger partial charge in [-0.1, -0.05) is 30.3 Å². The zero-order valence-electron chi connectivity index (χ0n) is 14.9. The summed E-state index contributed by atoms with van der Waals surface area (Å²) in [4.78, 5) is 18.2. The molecular weight excluding hydrogens is 348 g/mol. The molecule has 0 saturated heterocycles. The van der Waals surface area contributed by atoms with Crippen LogP contribution in [0.5, 0.6) is 11.5 Å². The molecule has 0 radical (unpaired) electrons. The number of rotatable bonds is 6. The number of carbonyl (C=O) groups excluding carboxylic acids is 1. The van der Waals surface area contributed by atoms with E-state index in [1.165, 1.54) is 7.11 Å².